The molecule has 1 amide bonds. The summed E-state index contributed by atoms with van der Waals surface area (Å²) in [6.07, 6.45) is 0. The van der Waals surface area contributed by atoms with E-state index in [0.29, 0.717) is 22.9 Å². The van der Waals surface area contributed by atoms with Crippen molar-refractivity contribution in [1.29, 1.82) is 0 Å². The van der Waals surface area contributed by atoms with Gasteiger partial charge in [-0.25, -0.2) is 9.67 Å². The maximum atomic E-state index is 12.6. The molecule has 0 radical (unpaired) electrons. The first kappa shape index (κ1) is 16.5. The van der Waals surface area contributed by atoms with Crippen LogP contribution in [-0.2, 0) is 6.54 Å². The van der Waals surface area contributed by atoms with Crippen molar-refractivity contribution in [1.82, 2.24) is 14.8 Å². The Kier molecular flexibility index (Phi) is 4.09. The van der Waals surface area contributed by atoms with Crippen molar-refractivity contribution in [3.8, 4) is 0 Å². The monoisotopic (exact) mass is 364 g/mol. The number of benzene rings is 2. The fraction of sp³-hybridized carbons (Fsp3) is 0.150. The third-order valence-corrected chi connectivity index (χ3v) is 4.56. The largest absolute Gasteiger partial charge is 0.305 e. The van der Waals surface area contributed by atoms with Gasteiger partial charge in [0.25, 0.3) is 5.91 Å². The average molecular weight is 365 g/mol. The van der Waals surface area contributed by atoms with Gasteiger partial charge in [0.2, 0.25) is 0 Å². The zero-order chi connectivity index (χ0) is 18.3. The second-order valence-electron chi connectivity index (χ2n) is 6.18. The van der Waals surface area contributed by atoms with Crippen molar-refractivity contribution >= 4 is 45.3 Å². The Hall–Kier alpha value is -2.92. The van der Waals surface area contributed by atoms with Crippen molar-refractivity contribution in [2.24, 2.45) is 0 Å². The Morgan fingerprint density at radius 1 is 1.15 bits per heavy atom. The van der Waals surface area contributed by atoms with Crippen LogP contribution in [0.3, 0.4) is 0 Å². The van der Waals surface area contributed by atoms with Crippen LogP contribution in [0.4, 0.5) is 5.82 Å². The summed E-state index contributed by atoms with van der Waals surface area (Å²) < 4.78 is 1.80. The quantitative estimate of drug-likeness (QED) is 0.567. The lowest BCUT2D eigenvalue weighted by atomic mass is 10.1. The van der Waals surface area contributed by atoms with Crippen LogP contribution in [0.25, 0.3) is 21.9 Å². The van der Waals surface area contributed by atoms with Gasteiger partial charge >= 0.3 is 0 Å². The van der Waals surface area contributed by atoms with Gasteiger partial charge in [-0.05, 0) is 55.8 Å². The summed E-state index contributed by atoms with van der Waals surface area (Å²) in [7, 11) is 0. The number of nitrogens with zero attached hydrogens (tertiary/aromatic N) is 3. The van der Waals surface area contributed by atoms with Crippen LogP contribution in [0.2, 0.25) is 5.02 Å². The summed E-state index contributed by atoms with van der Waals surface area (Å²) in [6.45, 7) is 4.71. The smallest absolute Gasteiger partial charge is 0.256 e. The molecule has 0 saturated carbocycles. The lowest BCUT2D eigenvalue weighted by molar-refractivity contribution is 0.102. The molecule has 0 aliphatic carbocycles. The SMILES string of the molecule is CCn1nc(NC(=O)c2ccc(Cl)cc2)c2cc3ccc(C)cc3nc21. The first-order valence-corrected chi connectivity index (χ1v) is 8.78. The Morgan fingerprint density at radius 2 is 1.92 bits per heavy atom. The normalized spacial score (nSPS) is 11.2. The summed E-state index contributed by atoms with van der Waals surface area (Å²) in [4.78, 5) is 17.3. The fourth-order valence-electron chi connectivity index (χ4n) is 2.95. The van der Waals surface area contributed by atoms with Gasteiger partial charge in [-0.3, -0.25) is 4.79 Å². The molecular weight excluding hydrogens is 348 g/mol. The molecule has 0 unspecified atom stereocenters. The zero-order valence-corrected chi connectivity index (χ0v) is 15.2. The lowest BCUT2D eigenvalue weighted by Gasteiger charge is -2.03. The minimum atomic E-state index is -0.228. The van der Waals surface area contributed by atoms with Crippen LogP contribution in [0.15, 0.2) is 48.5 Å². The molecule has 6 heteroatoms. The van der Waals surface area contributed by atoms with Crippen molar-refractivity contribution in [2.75, 3.05) is 5.32 Å². The van der Waals surface area contributed by atoms with Crippen LogP contribution in [0, 0.1) is 6.92 Å². The average Bonchev–Trinajstić information content (AvgIpc) is 2.97. The Morgan fingerprint density at radius 3 is 2.65 bits per heavy atom. The van der Waals surface area contributed by atoms with Crippen LogP contribution in [-0.4, -0.2) is 20.7 Å². The number of aryl methyl sites for hydroxylation is 2. The van der Waals surface area contributed by atoms with Crippen molar-refractivity contribution < 1.29 is 4.79 Å². The molecule has 2 aromatic heterocycles. The molecule has 4 aromatic rings. The molecule has 0 aliphatic rings. The second-order valence-corrected chi connectivity index (χ2v) is 6.62. The van der Waals surface area contributed by atoms with E-state index >= 15 is 0 Å². The van der Waals surface area contributed by atoms with Gasteiger partial charge in [-0.15, -0.1) is 0 Å². The van der Waals surface area contributed by atoms with E-state index in [1.807, 2.05) is 38.1 Å². The molecule has 0 fully saturated rings. The van der Waals surface area contributed by atoms with E-state index in [9.17, 15) is 4.79 Å². The number of carbonyl (C=O) groups is 1. The molecule has 0 spiro atoms. The molecule has 130 valence electrons. The zero-order valence-electron chi connectivity index (χ0n) is 14.5. The van der Waals surface area contributed by atoms with Gasteiger partial charge in [-0.1, -0.05) is 23.7 Å². The maximum absolute atomic E-state index is 12.6. The van der Waals surface area contributed by atoms with Gasteiger partial charge in [0, 0.05) is 22.5 Å². The van der Waals surface area contributed by atoms with E-state index in [2.05, 4.69) is 10.4 Å². The van der Waals surface area contributed by atoms with Gasteiger partial charge in [0.05, 0.1) is 10.9 Å². The third kappa shape index (κ3) is 2.91. The molecule has 0 aliphatic heterocycles. The topological polar surface area (TPSA) is 59.8 Å². The molecule has 1 N–H and O–H groups in total. The summed E-state index contributed by atoms with van der Waals surface area (Å²) in [5.41, 5.74) is 3.36. The predicted octanol–water partition coefficient (Wildman–Crippen LogP) is 4.82. The molecule has 0 bridgehead atoms. The highest BCUT2D eigenvalue weighted by Crippen LogP contribution is 2.27. The first-order chi connectivity index (χ1) is 12.5. The van der Waals surface area contributed by atoms with E-state index < -0.39 is 0 Å². The molecule has 26 heavy (non-hydrogen) atoms. The molecule has 0 atom stereocenters. The number of rotatable bonds is 3. The Bertz CT molecular complexity index is 1130. The Labute approximate surface area is 155 Å². The summed E-state index contributed by atoms with van der Waals surface area (Å²) in [6, 6.07) is 14.9. The van der Waals surface area contributed by atoms with Crippen LogP contribution < -0.4 is 5.32 Å². The van der Waals surface area contributed by atoms with Crippen molar-refractivity contribution in [3.05, 3.63) is 64.7 Å². The number of fused-ring (bicyclic) bond motifs is 2. The van der Waals surface area contributed by atoms with Gasteiger partial charge < -0.3 is 5.32 Å². The highest BCUT2D eigenvalue weighted by Gasteiger charge is 2.15. The number of anilines is 1. The predicted molar refractivity (Wildman–Crippen MR) is 105 cm³/mol. The molecule has 5 nitrogen and oxygen atoms in total. The van der Waals surface area contributed by atoms with E-state index in [0.717, 1.165) is 27.5 Å². The number of carbonyl (C=O) groups excluding carboxylic acids is 1. The Balaban J connectivity index is 1.80. The van der Waals surface area contributed by atoms with E-state index in [1.54, 1.807) is 28.9 Å². The molecule has 2 heterocycles. The minimum Gasteiger partial charge on any atom is -0.305 e. The number of halogens is 1. The van der Waals surface area contributed by atoms with E-state index in [-0.39, 0.29) is 5.91 Å². The van der Waals surface area contributed by atoms with E-state index in [1.165, 1.54) is 0 Å². The van der Waals surface area contributed by atoms with Crippen LogP contribution >= 0.6 is 11.6 Å². The molecule has 4 rings (SSSR count). The standard InChI is InChI=1S/C20H17ClN4O/c1-3-25-19-16(11-14-5-4-12(2)10-17(14)22-19)18(24-25)23-20(26)13-6-8-15(21)9-7-13/h4-11H,3H2,1-2H3,(H,23,24,26). The molecular formula is C20H17ClN4O. The highest BCUT2D eigenvalue weighted by atomic mass is 35.5. The van der Waals surface area contributed by atoms with Gasteiger partial charge in [0.15, 0.2) is 11.5 Å². The fourth-order valence-corrected chi connectivity index (χ4v) is 3.08. The maximum Gasteiger partial charge on any atom is 0.256 e. The molecule has 2 aromatic carbocycles. The molecule has 0 saturated heterocycles. The number of pyridine rings is 1. The van der Waals surface area contributed by atoms with E-state index in [4.69, 9.17) is 16.6 Å². The number of hydrogen-bond donors (Lipinski definition) is 1. The summed E-state index contributed by atoms with van der Waals surface area (Å²) in [5.74, 6) is 0.282. The summed E-state index contributed by atoms with van der Waals surface area (Å²) in [5, 5.41) is 9.86. The van der Waals surface area contributed by atoms with Gasteiger partial charge in [0.1, 0.15) is 0 Å². The highest BCUT2D eigenvalue weighted by molar-refractivity contribution is 6.30. The van der Waals surface area contributed by atoms with Crippen molar-refractivity contribution in [3.63, 3.8) is 0 Å². The number of nitrogens with one attached hydrogen (secondary N) is 1. The number of aromatic nitrogens is 3. The van der Waals surface area contributed by atoms with Crippen molar-refractivity contribution in [2.45, 2.75) is 20.4 Å². The third-order valence-electron chi connectivity index (χ3n) is 4.31. The van der Waals surface area contributed by atoms with Crippen LogP contribution in [0.5, 0.6) is 0 Å². The lowest BCUT2D eigenvalue weighted by Crippen LogP contribution is -2.12. The first-order valence-electron chi connectivity index (χ1n) is 8.40. The minimum absolute atomic E-state index is 0.228. The number of amides is 1. The summed E-state index contributed by atoms with van der Waals surface area (Å²) >= 11 is 5.89. The second kappa shape index (κ2) is 6.42. The number of hydrogen-bond acceptors (Lipinski definition) is 3. The van der Waals surface area contributed by atoms with Gasteiger partial charge in [-0.2, -0.15) is 5.10 Å². The van der Waals surface area contributed by atoms with Crippen LogP contribution in [0.1, 0.15) is 22.8 Å².